The summed E-state index contributed by atoms with van der Waals surface area (Å²) in [5.41, 5.74) is 2.79. The van der Waals surface area contributed by atoms with E-state index in [0.29, 0.717) is 12.0 Å². The number of hydrogen-bond acceptors (Lipinski definition) is 2. The molecule has 0 saturated heterocycles. The van der Waals surface area contributed by atoms with Crippen molar-refractivity contribution in [1.82, 2.24) is 0 Å². The molecule has 1 amide bonds. The number of ketones is 1. The summed E-state index contributed by atoms with van der Waals surface area (Å²) < 4.78 is -0.562. The largest absolute Gasteiger partial charge is 0.312 e. The zero-order valence-electron chi connectivity index (χ0n) is 12.9. The summed E-state index contributed by atoms with van der Waals surface area (Å²) in [4.78, 5) is 26.4. The lowest BCUT2D eigenvalue weighted by molar-refractivity contribution is -0.118. The van der Waals surface area contributed by atoms with Crippen LogP contribution in [0.1, 0.15) is 56.0 Å². The maximum Gasteiger partial charge on any atom is 0.226 e. The van der Waals surface area contributed by atoms with Gasteiger partial charge in [0.15, 0.2) is 5.78 Å². The standard InChI is InChI=1S/C17H22BrNO2/c1-4-6-15(20)19-10-5-7-12-11-13(8-9-14(12)19)16(21)17(2,3)18/h8-9,11H,4-7,10H2,1-3H3. The molecule has 1 aromatic carbocycles. The van der Waals surface area contributed by atoms with Crippen molar-refractivity contribution < 1.29 is 9.59 Å². The van der Waals surface area contributed by atoms with Crippen LogP contribution in [0.5, 0.6) is 0 Å². The molecule has 1 heterocycles. The fourth-order valence-corrected chi connectivity index (χ4v) is 2.92. The first kappa shape index (κ1) is 16.2. The fraction of sp³-hybridized carbons (Fsp3) is 0.529. The van der Waals surface area contributed by atoms with Gasteiger partial charge in [-0.15, -0.1) is 0 Å². The Balaban J connectivity index is 2.33. The van der Waals surface area contributed by atoms with E-state index in [1.54, 1.807) is 0 Å². The van der Waals surface area contributed by atoms with E-state index >= 15 is 0 Å². The maximum absolute atomic E-state index is 12.3. The van der Waals surface area contributed by atoms with Gasteiger partial charge in [0.05, 0.1) is 4.32 Å². The number of fused-ring (bicyclic) bond motifs is 1. The lowest BCUT2D eigenvalue weighted by Gasteiger charge is -2.30. The van der Waals surface area contributed by atoms with E-state index in [9.17, 15) is 9.59 Å². The van der Waals surface area contributed by atoms with E-state index in [2.05, 4.69) is 15.9 Å². The first-order valence-corrected chi connectivity index (χ1v) is 8.31. The van der Waals surface area contributed by atoms with Crippen molar-refractivity contribution in [2.75, 3.05) is 11.4 Å². The Morgan fingerprint density at radius 1 is 1.33 bits per heavy atom. The first-order valence-electron chi connectivity index (χ1n) is 7.51. The number of benzene rings is 1. The molecule has 21 heavy (non-hydrogen) atoms. The van der Waals surface area contributed by atoms with E-state index in [4.69, 9.17) is 0 Å². The summed E-state index contributed by atoms with van der Waals surface area (Å²) in [7, 11) is 0. The number of nitrogens with zero attached hydrogens (tertiary/aromatic N) is 1. The van der Waals surface area contributed by atoms with Crippen molar-refractivity contribution in [3.8, 4) is 0 Å². The molecular weight excluding hydrogens is 330 g/mol. The number of rotatable bonds is 4. The molecular formula is C17H22BrNO2. The Kier molecular flexibility index (Phi) is 4.87. The van der Waals surface area contributed by atoms with Gasteiger partial charge < -0.3 is 4.90 Å². The SMILES string of the molecule is CCCC(=O)N1CCCc2cc(C(=O)C(C)(C)Br)ccc21. The van der Waals surface area contributed by atoms with E-state index in [0.717, 1.165) is 37.1 Å². The van der Waals surface area contributed by atoms with Crippen LogP contribution in [0, 0.1) is 0 Å². The number of Topliss-reactive ketones (excluding diaryl/α,β-unsaturated/α-hetero) is 1. The van der Waals surface area contributed by atoms with Gasteiger partial charge in [-0.1, -0.05) is 22.9 Å². The zero-order valence-corrected chi connectivity index (χ0v) is 14.5. The van der Waals surface area contributed by atoms with Crippen LogP contribution in [0.4, 0.5) is 5.69 Å². The quantitative estimate of drug-likeness (QED) is 0.604. The molecule has 0 aromatic heterocycles. The third kappa shape index (κ3) is 3.54. The van der Waals surface area contributed by atoms with Gasteiger partial charge in [0.2, 0.25) is 5.91 Å². The predicted octanol–water partition coefficient (Wildman–Crippen LogP) is 4.12. The fourth-order valence-electron chi connectivity index (χ4n) is 2.69. The summed E-state index contributed by atoms with van der Waals surface area (Å²) >= 11 is 3.42. The number of aryl methyl sites for hydroxylation is 1. The van der Waals surface area contributed by atoms with Gasteiger partial charge in [-0.05, 0) is 56.9 Å². The Bertz CT molecular complexity index is 560. The summed E-state index contributed by atoms with van der Waals surface area (Å²) in [6.45, 7) is 6.50. The normalized spacial score (nSPS) is 14.8. The number of hydrogen-bond donors (Lipinski definition) is 0. The number of amides is 1. The summed E-state index contributed by atoms with van der Waals surface area (Å²) in [5.74, 6) is 0.251. The highest BCUT2D eigenvalue weighted by Gasteiger charge is 2.27. The van der Waals surface area contributed by atoms with Gasteiger partial charge >= 0.3 is 0 Å². The average Bonchev–Trinajstić information content (AvgIpc) is 2.44. The molecule has 4 heteroatoms. The third-order valence-corrected chi connectivity index (χ3v) is 4.13. The highest BCUT2D eigenvalue weighted by Crippen LogP contribution is 2.31. The van der Waals surface area contributed by atoms with Crippen molar-refractivity contribution >= 4 is 33.3 Å². The molecule has 0 bridgehead atoms. The average molecular weight is 352 g/mol. The zero-order chi connectivity index (χ0) is 15.6. The molecule has 1 aliphatic heterocycles. The predicted molar refractivity (Wildman–Crippen MR) is 89.4 cm³/mol. The summed E-state index contributed by atoms with van der Waals surface area (Å²) in [6, 6.07) is 5.71. The minimum Gasteiger partial charge on any atom is -0.312 e. The van der Waals surface area contributed by atoms with Gasteiger partial charge in [0.1, 0.15) is 0 Å². The minimum absolute atomic E-state index is 0.0716. The van der Waals surface area contributed by atoms with Crippen LogP contribution in [0.15, 0.2) is 18.2 Å². The van der Waals surface area contributed by atoms with Crippen LogP contribution in [-0.4, -0.2) is 22.6 Å². The second-order valence-corrected chi connectivity index (χ2v) is 8.03. The molecule has 2 rings (SSSR count). The first-order chi connectivity index (χ1) is 9.84. The molecule has 3 nitrogen and oxygen atoms in total. The molecule has 0 N–H and O–H groups in total. The molecule has 0 fully saturated rings. The Hall–Kier alpha value is -1.16. The smallest absolute Gasteiger partial charge is 0.226 e. The molecule has 1 aromatic rings. The molecule has 0 unspecified atom stereocenters. The summed E-state index contributed by atoms with van der Waals surface area (Å²) in [6.07, 6.45) is 3.32. The van der Waals surface area contributed by atoms with Crippen molar-refractivity contribution in [1.29, 1.82) is 0 Å². The monoisotopic (exact) mass is 351 g/mol. The van der Waals surface area contributed by atoms with E-state index in [-0.39, 0.29) is 11.7 Å². The number of alkyl halides is 1. The molecule has 0 spiro atoms. The molecule has 1 aliphatic rings. The number of carbonyl (C=O) groups is 2. The van der Waals surface area contributed by atoms with Crippen LogP contribution in [-0.2, 0) is 11.2 Å². The lowest BCUT2D eigenvalue weighted by Crippen LogP contribution is -2.35. The van der Waals surface area contributed by atoms with Gasteiger partial charge in [0, 0.05) is 24.2 Å². The van der Waals surface area contributed by atoms with E-state index in [1.807, 2.05) is 43.9 Å². The maximum atomic E-state index is 12.3. The van der Waals surface area contributed by atoms with Gasteiger partial charge in [-0.25, -0.2) is 0 Å². The van der Waals surface area contributed by atoms with Crippen molar-refractivity contribution in [2.24, 2.45) is 0 Å². The van der Waals surface area contributed by atoms with Crippen LogP contribution >= 0.6 is 15.9 Å². The van der Waals surface area contributed by atoms with Gasteiger partial charge in [-0.3, -0.25) is 9.59 Å². The highest BCUT2D eigenvalue weighted by molar-refractivity contribution is 9.10. The Morgan fingerprint density at radius 2 is 2.05 bits per heavy atom. The van der Waals surface area contributed by atoms with Gasteiger partial charge in [0.25, 0.3) is 0 Å². The van der Waals surface area contributed by atoms with Crippen LogP contribution in [0.2, 0.25) is 0 Å². The lowest BCUT2D eigenvalue weighted by atomic mass is 9.94. The molecule has 0 atom stereocenters. The number of halogens is 1. The molecule has 0 saturated carbocycles. The van der Waals surface area contributed by atoms with Crippen LogP contribution in [0.3, 0.4) is 0 Å². The van der Waals surface area contributed by atoms with E-state index in [1.165, 1.54) is 0 Å². The van der Waals surface area contributed by atoms with Crippen molar-refractivity contribution in [3.63, 3.8) is 0 Å². The molecule has 114 valence electrons. The molecule has 0 radical (unpaired) electrons. The minimum atomic E-state index is -0.562. The van der Waals surface area contributed by atoms with Crippen LogP contribution < -0.4 is 4.90 Å². The number of anilines is 1. The number of carbonyl (C=O) groups excluding carboxylic acids is 2. The van der Waals surface area contributed by atoms with E-state index < -0.39 is 4.32 Å². The van der Waals surface area contributed by atoms with Crippen LogP contribution in [0.25, 0.3) is 0 Å². The van der Waals surface area contributed by atoms with Crippen molar-refractivity contribution in [3.05, 3.63) is 29.3 Å². The second-order valence-electron chi connectivity index (χ2n) is 6.04. The Labute approximate surface area is 134 Å². The Morgan fingerprint density at radius 3 is 2.67 bits per heavy atom. The van der Waals surface area contributed by atoms with Gasteiger partial charge in [-0.2, -0.15) is 0 Å². The molecule has 0 aliphatic carbocycles. The topological polar surface area (TPSA) is 37.4 Å². The summed E-state index contributed by atoms with van der Waals surface area (Å²) in [5, 5.41) is 0. The highest BCUT2D eigenvalue weighted by atomic mass is 79.9. The third-order valence-electron chi connectivity index (χ3n) is 3.77. The second kappa shape index (κ2) is 6.30. The van der Waals surface area contributed by atoms with Crippen molar-refractivity contribution in [2.45, 2.75) is 50.8 Å².